The molecule has 0 aliphatic carbocycles. The summed E-state index contributed by atoms with van der Waals surface area (Å²) in [5.74, 6) is -1.78. The number of carbonyl (C=O) groups is 2. The first-order valence-electron chi connectivity index (χ1n) is 8.23. The number of amides is 1. The van der Waals surface area contributed by atoms with Gasteiger partial charge >= 0.3 is 5.97 Å². The van der Waals surface area contributed by atoms with Crippen molar-refractivity contribution in [3.8, 4) is 0 Å². The second-order valence-electron chi connectivity index (χ2n) is 5.96. The summed E-state index contributed by atoms with van der Waals surface area (Å²) in [4.78, 5) is 26.4. The molecular formula is C18H25NO4. The molecule has 0 bridgehead atoms. The Hall–Kier alpha value is -1.88. The minimum Gasteiger partial charge on any atom is -0.466 e. The fourth-order valence-corrected chi connectivity index (χ4v) is 3.05. The molecular weight excluding hydrogens is 294 g/mol. The average molecular weight is 319 g/mol. The molecule has 5 heteroatoms. The van der Waals surface area contributed by atoms with Gasteiger partial charge in [0.25, 0.3) is 5.91 Å². The molecule has 1 heterocycles. The Morgan fingerprint density at radius 3 is 2.48 bits per heavy atom. The molecule has 1 aromatic rings. The molecule has 23 heavy (non-hydrogen) atoms. The van der Waals surface area contributed by atoms with Crippen LogP contribution in [0.5, 0.6) is 0 Å². The Labute approximate surface area is 137 Å². The summed E-state index contributed by atoms with van der Waals surface area (Å²) in [6.07, 6.45) is 0.429. The van der Waals surface area contributed by atoms with Crippen LogP contribution in [-0.2, 0) is 14.3 Å². The lowest BCUT2D eigenvalue weighted by Gasteiger charge is -2.27. The van der Waals surface area contributed by atoms with Crippen molar-refractivity contribution < 1.29 is 19.4 Å². The summed E-state index contributed by atoms with van der Waals surface area (Å²) in [5, 5.41) is 10.3. The Kier molecular flexibility index (Phi) is 5.77. The Morgan fingerprint density at radius 1 is 1.26 bits per heavy atom. The van der Waals surface area contributed by atoms with E-state index >= 15 is 0 Å². The zero-order valence-electron chi connectivity index (χ0n) is 14.0. The van der Waals surface area contributed by atoms with E-state index < -0.39 is 24.0 Å². The molecule has 1 aliphatic heterocycles. The summed E-state index contributed by atoms with van der Waals surface area (Å²) in [7, 11) is 0. The Bertz CT molecular complexity index is 555. The highest BCUT2D eigenvalue weighted by Crippen LogP contribution is 2.39. The molecule has 1 N–H and O–H groups in total. The van der Waals surface area contributed by atoms with E-state index in [0.29, 0.717) is 6.54 Å². The van der Waals surface area contributed by atoms with Crippen LogP contribution in [0.4, 0.5) is 0 Å². The summed E-state index contributed by atoms with van der Waals surface area (Å²) < 4.78 is 5.09. The molecule has 5 nitrogen and oxygen atoms in total. The molecule has 0 aromatic heterocycles. The van der Waals surface area contributed by atoms with Crippen LogP contribution in [0.15, 0.2) is 24.3 Å². The van der Waals surface area contributed by atoms with Gasteiger partial charge in [-0.3, -0.25) is 9.59 Å². The first-order chi connectivity index (χ1) is 11.0. The normalized spacial score (nSPS) is 24.1. The van der Waals surface area contributed by atoms with Crippen molar-refractivity contribution in [2.24, 2.45) is 5.92 Å². The van der Waals surface area contributed by atoms with Gasteiger partial charge in [0, 0.05) is 6.54 Å². The van der Waals surface area contributed by atoms with Crippen molar-refractivity contribution in [1.82, 2.24) is 4.90 Å². The van der Waals surface area contributed by atoms with Crippen LogP contribution < -0.4 is 0 Å². The van der Waals surface area contributed by atoms with Gasteiger partial charge in [-0.1, -0.05) is 43.2 Å². The number of esters is 1. The zero-order chi connectivity index (χ0) is 17.0. The molecule has 1 aromatic carbocycles. The predicted molar refractivity (Wildman–Crippen MR) is 86.7 cm³/mol. The van der Waals surface area contributed by atoms with E-state index in [1.807, 2.05) is 38.1 Å². The fraction of sp³-hybridized carbons (Fsp3) is 0.556. The van der Waals surface area contributed by atoms with Crippen molar-refractivity contribution in [2.75, 3.05) is 13.2 Å². The van der Waals surface area contributed by atoms with Crippen molar-refractivity contribution in [2.45, 2.75) is 45.8 Å². The summed E-state index contributed by atoms with van der Waals surface area (Å²) in [5.41, 5.74) is 1.96. The van der Waals surface area contributed by atoms with Gasteiger partial charge in [-0.25, -0.2) is 0 Å². The number of hydrogen-bond acceptors (Lipinski definition) is 4. The van der Waals surface area contributed by atoms with Gasteiger partial charge in [0.2, 0.25) is 0 Å². The minimum atomic E-state index is -1.34. The Morgan fingerprint density at radius 2 is 1.91 bits per heavy atom. The monoisotopic (exact) mass is 319 g/mol. The first-order valence-corrected chi connectivity index (χ1v) is 8.23. The van der Waals surface area contributed by atoms with E-state index in [2.05, 4.69) is 0 Å². The second-order valence-corrected chi connectivity index (χ2v) is 5.96. The summed E-state index contributed by atoms with van der Waals surface area (Å²) in [6.45, 7) is 6.50. The molecule has 1 aliphatic rings. The van der Waals surface area contributed by atoms with Gasteiger partial charge in [0.05, 0.1) is 12.6 Å². The number of aliphatic hydroxyl groups is 1. The SMILES string of the molecule is CCCCN1C(=O)C(O)C(C(=O)OCC)C1c1ccc(C)cc1. The molecule has 0 radical (unpaired) electrons. The van der Waals surface area contributed by atoms with Gasteiger partial charge < -0.3 is 14.7 Å². The van der Waals surface area contributed by atoms with Crippen molar-refractivity contribution in [3.05, 3.63) is 35.4 Å². The number of benzene rings is 1. The minimum absolute atomic E-state index is 0.228. The number of hydrogen-bond donors (Lipinski definition) is 1. The predicted octanol–water partition coefficient (Wildman–Crippen LogP) is 2.22. The number of nitrogens with zero attached hydrogens (tertiary/aromatic N) is 1. The number of carbonyl (C=O) groups excluding carboxylic acids is 2. The van der Waals surface area contributed by atoms with Crippen LogP contribution in [0.3, 0.4) is 0 Å². The van der Waals surface area contributed by atoms with Gasteiger partial charge in [-0.2, -0.15) is 0 Å². The highest BCUT2D eigenvalue weighted by molar-refractivity contribution is 5.92. The summed E-state index contributed by atoms with van der Waals surface area (Å²) in [6, 6.07) is 7.26. The lowest BCUT2D eigenvalue weighted by Crippen LogP contribution is -2.32. The van der Waals surface area contributed by atoms with Crippen LogP contribution in [0.1, 0.15) is 43.9 Å². The molecule has 0 saturated carbocycles. The lowest BCUT2D eigenvalue weighted by atomic mass is 9.91. The van der Waals surface area contributed by atoms with E-state index in [9.17, 15) is 14.7 Å². The van der Waals surface area contributed by atoms with E-state index in [1.54, 1.807) is 11.8 Å². The van der Waals surface area contributed by atoms with E-state index in [0.717, 1.165) is 24.0 Å². The average Bonchev–Trinajstić information content (AvgIpc) is 2.78. The maximum absolute atomic E-state index is 12.4. The number of aliphatic hydroxyl groups excluding tert-OH is 1. The van der Waals surface area contributed by atoms with Gasteiger partial charge in [-0.05, 0) is 25.8 Å². The maximum atomic E-state index is 12.4. The largest absolute Gasteiger partial charge is 0.466 e. The van der Waals surface area contributed by atoms with Gasteiger partial charge in [-0.15, -0.1) is 0 Å². The number of rotatable bonds is 6. The molecule has 126 valence electrons. The molecule has 3 unspecified atom stereocenters. The van der Waals surface area contributed by atoms with Gasteiger partial charge in [0.1, 0.15) is 12.0 Å². The number of unbranched alkanes of at least 4 members (excludes halogenated alkanes) is 1. The van der Waals surface area contributed by atoms with Crippen LogP contribution in [0.2, 0.25) is 0 Å². The first kappa shape index (κ1) is 17.5. The zero-order valence-corrected chi connectivity index (χ0v) is 14.0. The number of likely N-dealkylation sites (tertiary alicyclic amines) is 1. The second kappa shape index (κ2) is 7.59. The molecule has 3 atom stereocenters. The standard InChI is InChI=1S/C18H25NO4/c1-4-6-11-19-15(13-9-7-12(3)8-10-13)14(16(20)17(19)21)18(22)23-5-2/h7-10,14-16,20H,4-6,11H2,1-3H3. The van der Waals surface area contributed by atoms with Crippen molar-refractivity contribution >= 4 is 11.9 Å². The van der Waals surface area contributed by atoms with E-state index in [4.69, 9.17) is 4.74 Å². The topological polar surface area (TPSA) is 66.8 Å². The number of ether oxygens (including phenoxy) is 1. The molecule has 1 amide bonds. The lowest BCUT2D eigenvalue weighted by molar-refractivity contribution is -0.153. The van der Waals surface area contributed by atoms with Crippen LogP contribution in [0, 0.1) is 12.8 Å². The van der Waals surface area contributed by atoms with E-state index in [1.165, 1.54) is 0 Å². The molecule has 2 rings (SSSR count). The highest BCUT2D eigenvalue weighted by Gasteiger charge is 2.52. The fourth-order valence-electron chi connectivity index (χ4n) is 3.05. The molecule has 1 fully saturated rings. The van der Waals surface area contributed by atoms with Crippen LogP contribution in [0.25, 0.3) is 0 Å². The highest BCUT2D eigenvalue weighted by atomic mass is 16.5. The third kappa shape index (κ3) is 3.55. The molecule has 1 saturated heterocycles. The smallest absolute Gasteiger partial charge is 0.314 e. The van der Waals surface area contributed by atoms with Crippen molar-refractivity contribution in [1.29, 1.82) is 0 Å². The van der Waals surface area contributed by atoms with Crippen LogP contribution >= 0.6 is 0 Å². The number of aryl methyl sites for hydroxylation is 1. The van der Waals surface area contributed by atoms with Crippen LogP contribution in [-0.4, -0.2) is 41.1 Å². The molecule has 0 spiro atoms. The Balaban J connectivity index is 2.39. The van der Waals surface area contributed by atoms with Gasteiger partial charge in [0.15, 0.2) is 0 Å². The maximum Gasteiger partial charge on any atom is 0.314 e. The van der Waals surface area contributed by atoms with Crippen molar-refractivity contribution in [3.63, 3.8) is 0 Å². The third-order valence-electron chi connectivity index (χ3n) is 4.28. The quantitative estimate of drug-likeness (QED) is 0.817. The van der Waals surface area contributed by atoms with E-state index in [-0.39, 0.29) is 12.5 Å². The third-order valence-corrected chi connectivity index (χ3v) is 4.28. The summed E-state index contributed by atoms with van der Waals surface area (Å²) >= 11 is 0.